The maximum absolute atomic E-state index is 13.0. The summed E-state index contributed by atoms with van der Waals surface area (Å²) in [6.07, 6.45) is 0. The fourth-order valence-corrected chi connectivity index (χ4v) is 6.96. The monoisotopic (exact) mass is 546 g/mol. The highest BCUT2D eigenvalue weighted by Crippen LogP contribution is 2.41. The number of rotatable bonds is 4. The molecule has 1 aromatic carbocycles. The van der Waals surface area contributed by atoms with Gasteiger partial charge in [-0.3, -0.25) is 18.7 Å². The number of carbonyl (C=O) groups excluding carboxylic acids is 3. The number of hydrogen-bond acceptors (Lipinski definition) is 5. The van der Waals surface area contributed by atoms with Crippen LogP contribution in [-0.2, 0) is 25.1 Å². The number of carbonyl (C=O) groups is 3. The summed E-state index contributed by atoms with van der Waals surface area (Å²) in [6.45, 7) is 5.18. The van der Waals surface area contributed by atoms with E-state index in [1.54, 1.807) is 51.1 Å². The summed E-state index contributed by atoms with van der Waals surface area (Å²) < 4.78 is 17.8. The molecule has 1 N–H and O–H groups in total. The van der Waals surface area contributed by atoms with E-state index >= 15 is 0 Å². The molecule has 2 amide bonds. The van der Waals surface area contributed by atoms with Crippen molar-refractivity contribution in [1.82, 2.24) is 10.2 Å². The fourth-order valence-electron chi connectivity index (χ4n) is 3.09. The molecule has 4 atom stereocenters. The number of β-lactam (4-membered cyclic amide) rings is 1. The molecule has 0 bridgehead atoms. The molecule has 3 unspecified atom stereocenters. The molecule has 0 aromatic heterocycles. The van der Waals surface area contributed by atoms with Gasteiger partial charge in [0, 0.05) is 10.9 Å². The Morgan fingerprint density at radius 3 is 2.41 bits per heavy atom. The van der Waals surface area contributed by atoms with E-state index in [9.17, 15) is 18.6 Å². The van der Waals surface area contributed by atoms with Crippen LogP contribution >= 0.6 is 31.9 Å². The van der Waals surface area contributed by atoms with E-state index in [-0.39, 0.29) is 11.0 Å². The molecule has 156 valence electrons. The van der Waals surface area contributed by atoms with E-state index < -0.39 is 49.8 Å². The van der Waals surface area contributed by atoms with Crippen molar-refractivity contribution in [2.45, 2.75) is 41.9 Å². The summed E-state index contributed by atoms with van der Waals surface area (Å²) in [4.78, 5) is 39.3. The number of esters is 1. The summed E-state index contributed by atoms with van der Waals surface area (Å²) in [7, 11) is -1.58. The first kappa shape index (κ1) is 22.2. The molecule has 0 aliphatic carbocycles. The Kier molecular flexibility index (Phi) is 6.35. The molecular formula is C19H20Br2N2O5S. The standard InChI is InChI=1S/C19H20Br2N2O5S/c1-19(2,3)28-18(26)13-11(9-20)14(21)29(27)17-12(16(25)23(13)17)22-15(24)10-7-5-4-6-8-10/h4-8,12,14,17H,9H2,1-3H3,(H,22,24)/t12?,14?,17-,29?/m1/s1. The summed E-state index contributed by atoms with van der Waals surface area (Å²) in [5.41, 5.74) is 0.165. The highest BCUT2D eigenvalue weighted by Gasteiger charge is 2.59. The molecule has 7 nitrogen and oxygen atoms in total. The number of nitrogens with one attached hydrogen (secondary N) is 1. The van der Waals surface area contributed by atoms with Crippen molar-refractivity contribution >= 4 is 60.4 Å². The second kappa shape index (κ2) is 8.31. The lowest BCUT2D eigenvalue weighted by molar-refractivity contribution is -0.158. The first-order valence-electron chi connectivity index (χ1n) is 8.81. The van der Waals surface area contributed by atoms with Gasteiger partial charge in [-0.05, 0) is 38.5 Å². The number of hydrogen-bond donors (Lipinski definition) is 1. The van der Waals surface area contributed by atoms with E-state index in [2.05, 4.69) is 37.2 Å². The first-order chi connectivity index (χ1) is 13.6. The Bertz CT molecular complexity index is 913. The second-order valence-electron chi connectivity index (χ2n) is 7.57. The molecule has 2 aliphatic rings. The maximum Gasteiger partial charge on any atom is 0.355 e. The van der Waals surface area contributed by atoms with Crippen molar-refractivity contribution in [2.24, 2.45) is 0 Å². The largest absolute Gasteiger partial charge is 0.455 e. The van der Waals surface area contributed by atoms with Gasteiger partial charge < -0.3 is 10.1 Å². The Hall–Kier alpha value is -1.52. The Morgan fingerprint density at radius 1 is 1.24 bits per heavy atom. The van der Waals surface area contributed by atoms with Gasteiger partial charge in [-0.2, -0.15) is 0 Å². The summed E-state index contributed by atoms with van der Waals surface area (Å²) >= 11 is 6.69. The van der Waals surface area contributed by atoms with Gasteiger partial charge in [0.2, 0.25) is 0 Å². The minimum Gasteiger partial charge on any atom is -0.455 e. The van der Waals surface area contributed by atoms with E-state index in [4.69, 9.17) is 4.74 Å². The summed E-state index contributed by atoms with van der Waals surface area (Å²) in [5, 5.41) is 2.02. The quantitative estimate of drug-likeness (QED) is 0.355. The maximum atomic E-state index is 13.0. The molecule has 2 heterocycles. The molecule has 29 heavy (non-hydrogen) atoms. The first-order valence-corrected chi connectivity index (χ1v) is 12.1. The minimum absolute atomic E-state index is 0.0680. The van der Waals surface area contributed by atoms with Gasteiger partial charge >= 0.3 is 5.97 Å². The van der Waals surface area contributed by atoms with E-state index in [0.29, 0.717) is 11.1 Å². The van der Waals surface area contributed by atoms with Gasteiger partial charge in [-0.1, -0.05) is 50.1 Å². The zero-order valence-electron chi connectivity index (χ0n) is 16.0. The average Bonchev–Trinajstić information content (AvgIpc) is 2.66. The molecule has 10 heteroatoms. The lowest BCUT2D eigenvalue weighted by Gasteiger charge is -2.50. The smallest absolute Gasteiger partial charge is 0.355 e. The van der Waals surface area contributed by atoms with Crippen LogP contribution < -0.4 is 5.32 Å². The molecule has 0 spiro atoms. The number of halogens is 2. The van der Waals surface area contributed by atoms with Crippen molar-refractivity contribution < 1.29 is 23.3 Å². The highest BCUT2D eigenvalue weighted by molar-refractivity contribution is 9.11. The Labute approximate surface area is 187 Å². The fraction of sp³-hybridized carbons (Fsp3) is 0.421. The van der Waals surface area contributed by atoms with Crippen LogP contribution in [0.2, 0.25) is 0 Å². The van der Waals surface area contributed by atoms with Crippen molar-refractivity contribution in [3.63, 3.8) is 0 Å². The van der Waals surface area contributed by atoms with Crippen molar-refractivity contribution in [3.8, 4) is 0 Å². The average molecular weight is 548 g/mol. The molecule has 0 radical (unpaired) electrons. The molecule has 1 aromatic rings. The van der Waals surface area contributed by atoms with Gasteiger partial charge in [0.1, 0.15) is 26.9 Å². The van der Waals surface area contributed by atoms with Gasteiger partial charge in [-0.25, -0.2) is 4.79 Å². The van der Waals surface area contributed by atoms with Crippen molar-refractivity contribution in [1.29, 1.82) is 0 Å². The van der Waals surface area contributed by atoms with Crippen LogP contribution in [0.5, 0.6) is 0 Å². The van der Waals surface area contributed by atoms with Gasteiger partial charge in [0.15, 0.2) is 0 Å². The molecule has 1 saturated heterocycles. The third-order valence-corrected chi connectivity index (χ3v) is 8.28. The Balaban J connectivity index is 1.91. The number of ether oxygens (including phenoxy) is 1. The van der Waals surface area contributed by atoms with Gasteiger partial charge in [-0.15, -0.1) is 0 Å². The van der Waals surface area contributed by atoms with E-state index in [1.807, 2.05) is 0 Å². The number of fused-ring (bicyclic) bond motifs is 1. The normalized spacial score (nSPS) is 26.5. The zero-order valence-corrected chi connectivity index (χ0v) is 20.0. The van der Waals surface area contributed by atoms with Crippen LogP contribution in [0.3, 0.4) is 0 Å². The van der Waals surface area contributed by atoms with Gasteiger partial charge in [0.05, 0.1) is 10.8 Å². The van der Waals surface area contributed by atoms with Crippen LogP contribution in [0.4, 0.5) is 0 Å². The predicted molar refractivity (Wildman–Crippen MR) is 116 cm³/mol. The second-order valence-corrected chi connectivity index (χ2v) is 11.3. The van der Waals surface area contributed by atoms with Gasteiger partial charge in [0.25, 0.3) is 11.8 Å². The molecule has 0 saturated carbocycles. The van der Waals surface area contributed by atoms with Crippen LogP contribution in [0.25, 0.3) is 0 Å². The van der Waals surface area contributed by atoms with E-state index in [1.165, 1.54) is 4.90 Å². The lowest BCUT2D eigenvalue weighted by atomic mass is 10.0. The SMILES string of the molecule is CC(C)(C)OC(=O)C1=C(CBr)C(Br)S(=O)[C@@H]2C(NC(=O)c3ccccc3)C(=O)N12. The lowest BCUT2D eigenvalue weighted by Crippen LogP contribution is -2.74. The number of alkyl halides is 2. The minimum atomic E-state index is -1.58. The van der Waals surface area contributed by atoms with Crippen molar-refractivity contribution in [3.05, 3.63) is 47.2 Å². The van der Waals surface area contributed by atoms with Crippen LogP contribution in [0.1, 0.15) is 31.1 Å². The van der Waals surface area contributed by atoms with Crippen LogP contribution in [0, 0.1) is 0 Å². The summed E-state index contributed by atoms with van der Waals surface area (Å²) in [5.74, 6) is -1.61. The number of benzene rings is 1. The summed E-state index contributed by atoms with van der Waals surface area (Å²) in [6, 6.07) is 7.45. The van der Waals surface area contributed by atoms with Crippen molar-refractivity contribution in [2.75, 3.05) is 5.33 Å². The van der Waals surface area contributed by atoms with Crippen LogP contribution in [0.15, 0.2) is 41.6 Å². The highest BCUT2D eigenvalue weighted by atomic mass is 79.9. The zero-order chi connectivity index (χ0) is 21.5. The molecule has 2 aliphatic heterocycles. The third-order valence-electron chi connectivity index (χ3n) is 4.36. The topological polar surface area (TPSA) is 92.8 Å². The number of nitrogens with zero attached hydrogens (tertiary/aromatic N) is 1. The molecule has 1 fully saturated rings. The van der Waals surface area contributed by atoms with Crippen LogP contribution in [-0.4, -0.2) is 53.4 Å². The molecule has 3 rings (SSSR count). The molecular weight excluding hydrogens is 528 g/mol. The third kappa shape index (κ3) is 4.20. The predicted octanol–water partition coefficient (Wildman–Crippen LogP) is 2.43. The Morgan fingerprint density at radius 2 is 1.86 bits per heavy atom. The number of amides is 2. The van der Waals surface area contributed by atoms with E-state index in [0.717, 1.165) is 0 Å².